The van der Waals surface area contributed by atoms with Gasteiger partial charge < -0.3 is 10.7 Å². The Morgan fingerprint density at radius 2 is 1.46 bits per heavy atom. The molecule has 0 fully saturated rings. The number of aromatic nitrogens is 3. The monoisotopic (exact) mass is 312 g/mol. The third-order valence-electron chi connectivity index (χ3n) is 3.92. The predicted octanol–water partition coefficient (Wildman–Crippen LogP) is 4.39. The lowest BCUT2D eigenvalue weighted by molar-refractivity contribution is 1.18. The number of hydrogen-bond acceptors (Lipinski definition) is 3. The first-order valence-electron chi connectivity index (χ1n) is 7.73. The van der Waals surface area contributed by atoms with Crippen LogP contribution in [-0.2, 0) is 0 Å². The van der Waals surface area contributed by atoms with Crippen molar-refractivity contribution in [3.63, 3.8) is 0 Å². The topological polar surface area (TPSA) is 67.6 Å². The molecule has 2 aromatic heterocycles. The Bertz CT molecular complexity index is 974. The summed E-state index contributed by atoms with van der Waals surface area (Å²) in [7, 11) is 0. The number of aromatic amines is 1. The number of H-pyrrole nitrogens is 1. The Hall–Kier alpha value is -3.40. The summed E-state index contributed by atoms with van der Waals surface area (Å²) >= 11 is 0. The summed E-state index contributed by atoms with van der Waals surface area (Å²) in [6, 6.07) is 24.7. The molecule has 0 atom stereocenters. The number of hydrogen-bond donors (Lipinski definition) is 2. The highest BCUT2D eigenvalue weighted by atomic mass is 15.0. The van der Waals surface area contributed by atoms with E-state index >= 15 is 0 Å². The van der Waals surface area contributed by atoms with Gasteiger partial charge in [-0.3, -0.25) is 0 Å². The number of nitrogens with zero attached hydrogens (tertiary/aromatic N) is 2. The number of nitrogens with one attached hydrogen (secondary N) is 1. The molecular weight excluding hydrogens is 296 g/mol. The van der Waals surface area contributed by atoms with Crippen LogP contribution in [0.15, 0.2) is 79.0 Å². The van der Waals surface area contributed by atoms with Crippen molar-refractivity contribution in [2.75, 3.05) is 5.73 Å². The van der Waals surface area contributed by atoms with Gasteiger partial charge in [0.2, 0.25) is 5.95 Å². The molecule has 4 aromatic rings. The third kappa shape index (κ3) is 2.77. The van der Waals surface area contributed by atoms with Crippen molar-refractivity contribution in [2.45, 2.75) is 0 Å². The molecule has 0 saturated heterocycles. The lowest BCUT2D eigenvalue weighted by Gasteiger charge is -2.05. The van der Waals surface area contributed by atoms with E-state index in [-0.39, 0.29) is 5.95 Å². The number of nitrogens with two attached hydrogens (primary N) is 1. The lowest BCUT2D eigenvalue weighted by atomic mass is 10.0. The smallest absolute Gasteiger partial charge is 0.220 e. The molecule has 0 spiro atoms. The Balaban J connectivity index is 1.70. The molecule has 0 saturated carbocycles. The minimum absolute atomic E-state index is 0.273. The fourth-order valence-electron chi connectivity index (χ4n) is 2.73. The normalized spacial score (nSPS) is 10.7. The first-order chi connectivity index (χ1) is 11.8. The van der Waals surface area contributed by atoms with Crippen LogP contribution in [0.2, 0.25) is 0 Å². The Kier molecular flexibility index (Phi) is 3.56. The Morgan fingerprint density at radius 1 is 0.708 bits per heavy atom. The van der Waals surface area contributed by atoms with E-state index in [1.54, 1.807) is 6.20 Å². The van der Waals surface area contributed by atoms with Crippen LogP contribution in [0.4, 0.5) is 5.95 Å². The number of nitrogen functional groups attached to an aromatic ring is 1. The van der Waals surface area contributed by atoms with Crippen LogP contribution < -0.4 is 5.73 Å². The van der Waals surface area contributed by atoms with Gasteiger partial charge in [-0.1, -0.05) is 48.5 Å². The highest BCUT2D eigenvalue weighted by Crippen LogP contribution is 2.27. The van der Waals surface area contributed by atoms with Gasteiger partial charge in [-0.2, -0.15) is 0 Å². The van der Waals surface area contributed by atoms with Crippen LogP contribution >= 0.6 is 0 Å². The van der Waals surface area contributed by atoms with Crippen LogP contribution in [0.5, 0.6) is 0 Å². The molecule has 2 aromatic carbocycles. The molecule has 2 heterocycles. The standard InChI is InChI=1S/C20H16N4/c21-20-22-12-11-19(24-20)18-10-9-17(23-18)16-8-4-7-15(13-16)14-5-2-1-3-6-14/h1-13,23H,(H2,21,22,24). The average Bonchev–Trinajstić information content (AvgIpc) is 3.13. The van der Waals surface area contributed by atoms with Crippen molar-refractivity contribution in [1.29, 1.82) is 0 Å². The molecule has 0 aliphatic carbocycles. The molecule has 0 aliphatic heterocycles. The highest BCUT2D eigenvalue weighted by molar-refractivity contribution is 5.73. The van der Waals surface area contributed by atoms with E-state index < -0.39 is 0 Å². The van der Waals surface area contributed by atoms with Crippen LogP contribution in [0.1, 0.15) is 0 Å². The molecule has 0 amide bonds. The van der Waals surface area contributed by atoms with Crippen molar-refractivity contribution in [2.24, 2.45) is 0 Å². The van der Waals surface area contributed by atoms with Gasteiger partial charge in [0, 0.05) is 11.9 Å². The van der Waals surface area contributed by atoms with Crippen LogP contribution in [0, 0.1) is 0 Å². The average molecular weight is 312 g/mol. The van der Waals surface area contributed by atoms with E-state index in [1.807, 2.05) is 30.3 Å². The van der Waals surface area contributed by atoms with E-state index in [0.717, 1.165) is 22.6 Å². The Morgan fingerprint density at radius 3 is 2.29 bits per heavy atom. The summed E-state index contributed by atoms with van der Waals surface area (Å²) in [5.74, 6) is 0.273. The maximum atomic E-state index is 5.66. The van der Waals surface area contributed by atoms with Crippen LogP contribution in [-0.4, -0.2) is 15.0 Å². The lowest BCUT2D eigenvalue weighted by Crippen LogP contribution is -1.95. The van der Waals surface area contributed by atoms with E-state index in [9.17, 15) is 0 Å². The first-order valence-corrected chi connectivity index (χ1v) is 7.73. The van der Waals surface area contributed by atoms with Gasteiger partial charge in [0.15, 0.2) is 0 Å². The van der Waals surface area contributed by atoms with Crippen LogP contribution in [0.25, 0.3) is 33.8 Å². The van der Waals surface area contributed by atoms with Gasteiger partial charge >= 0.3 is 0 Å². The van der Waals surface area contributed by atoms with Crippen LogP contribution in [0.3, 0.4) is 0 Å². The third-order valence-corrected chi connectivity index (χ3v) is 3.92. The summed E-state index contributed by atoms with van der Waals surface area (Å²) < 4.78 is 0. The second kappa shape index (κ2) is 6.01. The van der Waals surface area contributed by atoms with Crippen molar-refractivity contribution < 1.29 is 0 Å². The van der Waals surface area contributed by atoms with Gasteiger partial charge in [0.1, 0.15) is 0 Å². The fraction of sp³-hybridized carbons (Fsp3) is 0. The van der Waals surface area contributed by atoms with Gasteiger partial charge in [-0.15, -0.1) is 0 Å². The zero-order valence-corrected chi connectivity index (χ0v) is 13.0. The van der Waals surface area contributed by atoms with E-state index in [4.69, 9.17) is 5.73 Å². The summed E-state index contributed by atoms with van der Waals surface area (Å²) in [6.07, 6.45) is 1.66. The molecule has 0 unspecified atom stereocenters. The second-order valence-corrected chi connectivity index (χ2v) is 5.53. The zero-order valence-electron chi connectivity index (χ0n) is 13.0. The van der Waals surface area contributed by atoms with E-state index in [0.29, 0.717) is 0 Å². The van der Waals surface area contributed by atoms with Gasteiger partial charge in [-0.05, 0) is 41.0 Å². The molecule has 0 radical (unpaired) electrons. The Labute approximate surface area is 140 Å². The van der Waals surface area contributed by atoms with Crippen molar-refractivity contribution in [3.8, 4) is 33.8 Å². The summed E-state index contributed by atoms with van der Waals surface area (Å²) in [5, 5.41) is 0. The number of benzene rings is 2. The molecule has 24 heavy (non-hydrogen) atoms. The number of anilines is 1. The summed E-state index contributed by atoms with van der Waals surface area (Å²) in [6.45, 7) is 0. The SMILES string of the molecule is Nc1nccc(-c2ccc(-c3cccc(-c4ccccc4)c3)[nH]2)n1. The van der Waals surface area contributed by atoms with Crippen molar-refractivity contribution in [1.82, 2.24) is 15.0 Å². The largest absolute Gasteiger partial charge is 0.368 e. The summed E-state index contributed by atoms with van der Waals surface area (Å²) in [4.78, 5) is 11.6. The van der Waals surface area contributed by atoms with E-state index in [1.165, 1.54) is 11.1 Å². The highest BCUT2D eigenvalue weighted by Gasteiger charge is 2.07. The molecule has 0 aliphatic rings. The molecule has 3 N–H and O–H groups in total. The molecule has 4 heteroatoms. The maximum Gasteiger partial charge on any atom is 0.220 e. The fourth-order valence-corrected chi connectivity index (χ4v) is 2.73. The summed E-state index contributed by atoms with van der Waals surface area (Å²) in [5.41, 5.74) is 11.9. The van der Waals surface area contributed by atoms with Crippen molar-refractivity contribution in [3.05, 3.63) is 79.0 Å². The maximum absolute atomic E-state index is 5.66. The van der Waals surface area contributed by atoms with Gasteiger partial charge in [0.25, 0.3) is 0 Å². The number of rotatable bonds is 3. The molecule has 4 rings (SSSR count). The minimum atomic E-state index is 0.273. The van der Waals surface area contributed by atoms with Gasteiger partial charge in [0.05, 0.1) is 11.4 Å². The van der Waals surface area contributed by atoms with Crippen molar-refractivity contribution >= 4 is 5.95 Å². The van der Waals surface area contributed by atoms with E-state index in [2.05, 4.69) is 57.4 Å². The minimum Gasteiger partial charge on any atom is -0.368 e. The molecular formula is C20H16N4. The zero-order chi connectivity index (χ0) is 16.4. The molecule has 116 valence electrons. The van der Waals surface area contributed by atoms with Gasteiger partial charge in [-0.25, -0.2) is 9.97 Å². The molecule has 4 nitrogen and oxygen atoms in total. The first kappa shape index (κ1) is 14.2. The molecule has 0 bridgehead atoms. The second-order valence-electron chi connectivity index (χ2n) is 5.53. The quantitative estimate of drug-likeness (QED) is 0.589. The predicted molar refractivity (Wildman–Crippen MR) is 97.1 cm³/mol.